The minimum Gasteiger partial charge on any atom is -0.461 e. The van der Waals surface area contributed by atoms with Crippen LogP contribution in [0.1, 0.15) is 34.6 Å². The third-order valence-corrected chi connectivity index (χ3v) is 1.21. The van der Waals surface area contributed by atoms with E-state index in [0.29, 0.717) is 0 Å². The van der Waals surface area contributed by atoms with Crippen molar-refractivity contribution in [1.82, 2.24) is 0 Å². The first kappa shape index (κ1) is 13.6. The Morgan fingerprint density at radius 2 is 1.80 bits per heavy atom. The Morgan fingerprint density at radius 3 is 2.13 bits per heavy atom. The van der Waals surface area contributed by atoms with Crippen molar-refractivity contribution in [2.75, 3.05) is 6.61 Å². The van der Waals surface area contributed by atoms with Crippen molar-refractivity contribution in [3.63, 3.8) is 0 Å². The Hall–Kier alpha value is -1.39. The highest BCUT2D eigenvalue weighted by Crippen LogP contribution is 2.07. The number of carbonyl (C=O) groups is 2. The van der Waals surface area contributed by atoms with Gasteiger partial charge in [-0.25, -0.2) is 4.79 Å². The van der Waals surface area contributed by atoms with E-state index in [9.17, 15) is 9.59 Å². The first-order chi connectivity index (χ1) is 6.78. The van der Waals surface area contributed by atoms with Gasteiger partial charge in [0.05, 0.1) is 6.61 Å². The van der Waals surface area contributed by atoms with Gasteiger partial charge in [0, 0.05) is 6.92 Å². The summed E-state index contributed by atoms with van der Waals surface area (Å²) in [6.45, 7) is 8.38. The number of ketones is 1. The molecule has 0 unspecified atom stereocenters. The molecule has 0 N–H and O–H groups in total. The van der Waals surface area contributed by atoms with Crippen molar-refractivity contribution in [1.29, 1.82) is 0 Å². The average molecular weight is 215 g/mol. The monoisotopic (exact) mass is 215 g/mol. The van der Waals surface area contributed by atoms with Crippen molar-refractivity contribution >= 4 is 17.5 Å². The van der Waals surface area contributed by atoms with Crippen LogP contribution in [0.15, 0.2) is 5.16 Å². The topological polar surface area (TPSA) is 65.0 Å². The van der Waals surface area contributed by atoms with Gasteiger partial charge in [-0.3, -0.25) is 4.79 Å². The predicted octanol–water partition coefficient (Wildman–Crippen LogP) is 1.31. The van der Waals surface area contributed by atoms with Crippen molar-refractivity contribution in [2.24, 2.45) is 5.16 Å². The molecular formula is C10H17NO4. The van der Waals surface area contributed by atoms with Crippen LogP contribution >= 0.6 is 0 Å². The number of hydrogen-bond acceptors (Lipinski definition) is 5. The molecule has 0 saturated carbocycles. The molecule has 15 heavy (non-hydrogen) atoms. The molecule has 0 rings (SSSR count). The molecular weight excluding hydrogens is 198 g/mol. The molecule has 0 atom stereocenters. The highest BCUT2D eigenvalue weighted by molar-refractivity contribution is 6.63. The summed E-state index contributed by atoms with van der Waals surface area (Å²) in [5.41, 5.74) is -0.862. The van der Waals surface area contributed by atoms with Gasteiger partial charge in [-0.1, -0.05) is 5.16 Å². The van der Waals surface area contributed by atoms with Gasteiger partial charge in [0.15, 0.2) is 5.78 Å². The Kier molecular flexibility index (Phi) is 4.97. The van der Waals surface area contributed by atoms with Crippen LogP contribution in [-0.4, -0.2) is 29.7 Å². The zero-order chi connectivity index (χ0) is 12.1. The number of nitrogens with zero attached hydrogens (tertiary/aromatic N) is 1. The lowest BCUT2D eigenvalue weighted by atomic mass is 10.2. The summed E-state index contributed by atoms with van der Waals surface area (Å²) in [7, 11) is 0. The minimum absolute atomic E-state index is 0.195. The van der Waals surface area contributed by atoms with Crippen molar-refractivity contribution < 1.29 is 19.2 Å². The van der Waals surface area contributed by atoms with Crippen LogP contribution in [0.25, 0.3) is 0 Å². The van der Waals surface area contributed by atoms with E-state index >= 15 is 0 Å². The molecule has 0 aromatic carbocycles. The van der Waals surface area contributed by atoms with Crippen molar-refractivity contribution in [2.45, 2.75) is 40.2 Å². The first-order valence-electron chi connectivity index (χ1n) is 4.72. The normalized spacial score (nSPS) is 12.2. The van der Waals surface area contributed by atoms with E-state index in [4.69, 9.17) is 4.84 Å². The molecule has 0 fully saturated rings. The number of rotatable bonds is 4. The molecule has 5 heteroatoms. The van der Waals surface area contributed by atoms with Crippen molar-refractivity contribution in [3.05, 3.63) is 0 Å². The van der Waals surface area contributed by atoms with Gasteiger partial charge < -0.3 is 9.57 Å². The third-order valence-electron chi connectivity index (χ3n) is 1.21. The second-order valence-corrected chi connectivity index (χ2v) is 3.92. The number of hydrogen-bond donors (Lipinski definition) is 0. The highest BCUT2D eigenvalue weighted by atomic mass is 16.7. The fourth-order valence-corrected chi connectivity index (χ4v) is 0.627. The van der Waals surface area contributed by atoms with Gasteiger partial charge in [-0.2, -0.15) is 0 Å². The lowest BCUT2D eigenvalue weighted by Crippen LogP contribution is -2.27. The molecule has 0 heterocycles. The number of ether oxygens (including phenoxy) is 1. The Morgan fingerprint density at radius 1 is 1.27 bits per heavy atom. The van der Waals surface area contributed by atoms with Crippen LogP contribution in [-0.2, 0) is 19.2 Å². The summed E-state index contributed by atoms with van der Waals surface area (Å²) in [6.07, 6.45) is 0. The second-order valence-electron chi connectivity index (χ2n) is 3.92. The molecule has 0 radical (unpaired) electrons. The summed E-state index contributed by atoms with van der Waals surface area (Å²) in [6, 6.07) is 0. The molecule has 0 saturated heterocycles. The summed E-state index contributed by atoms with van der Waals surface area (Å²) in [5, 5.41) is 3.51. The lowest BCUT2D eigenvalue weighted by Gasteiger charge is -2.15. The van der Waals surface area contributed by atoms with Crippen LogP contribution in [0.4, 0.5) is 0 Å². The maximum Gasteiger partial charge on any atom is 0.364 e. The van der Waals surface area contributed by atoms with E-state index in [2.05, 4.69) is 9.89 Å². The minimum atomic E-state index is -0.755. The number of Topliss-reactive ketones (excluding diaryl/α,β-unsaturated/α-hetero) is 1. The van der Waals surface area contributed by atoms with Crippen LogP contribution in [0.3, 0.4) is 0 Å². The first-order valence-corrected chi connectivity index (χ1v) is 4.72. The van der Waals surface area contributed by atoms with Gasteiger partial charge in [0.1, 0.15) is 5.60 Å². The molecule has 0 bridgehead atoms. The summed E-state index contributed by atoms with van der Waals surface area (Å²) >= 11 is 0. The zero-order valence-corrected chi connectivity index (χ0v) is 9.79. The lowest BCUT2D eigenvalue weighted by molar-refractivity contribution is -0.136. The number of oxime groups is 1. The van der Waals surface area contributed by atoms with E-state index in [1.54, 1.807) is 27.7 Å². The maximum absolute atomic E-state index is 11.2. The molecule has 0 aliphatic heterocycles. The summed E-state index contributed by atoms with van der Waals surface area (Å²) in [5.74, 6) is -1.23. The Balaban J connectivity index is 4.67. The molecule has 86 valence electrons. The number of carbonyl (C=O) groups excluding carboxylic acids is 2. The molecule has 0 amide bonds. The van der Waals surface area contributed by atoms with Gasteiger partial charge in [-0.15, -0.1) is 0 Å². The standard InChI is InChI=1S/C10H17NO4/c1-6-14-9(13)8(7(2)12)11-15-10(3,4)5/h6H2,1-5H3/b11-8-. The van der Waals surface area contributed by atoms with E-state index in [0.717, 1.165) is 0 Å². The quantitative estimate of drug-likeness (QED) is 0.307. The highest BCUT2D eigenvalue weighted by Gasteiger charge is 2.20. The molecule has 5 nitrogen and oxygen atoms in total. The van der Waals surface area contributed by atoms with Gasteiger partial charge >= 0.3 is 5.97 Å². The maximum atomic E-state index is 11.2. The molecule has 0 aliphatic rings. The van der Waals surface area contributed by atoms with E-state index in [-0.39, 0.29) is 12.3 Å². The van der Waals surface area contributed by atoms with E-state index in [1.807, 2.05) is 0 Å². The third kappa shape index (κ3) is 5.83. The Labute approximate surface area is 89.4 Å². The summed E-state index contributed by atoms with van der Waals surface area (Å²) < 4.78 is 4.66. The van der Waals surface area contributed by atoms with Crippen LogP contribution in [0.2, 0.25) is 0 Å². The van der Waals surface area contributed by atoms with E-state index in [1.165, 1.54) is 6.92 Å². The fourth-order valence-electron chi connectivity index (χ4n) is 0.627. The smallest absolute Gasteiger partial charge is 0.364 e. The van der Waals surface area contributed by atoms with Crippen molar-refractivity contribution in [3.8, 4) is 0 Å². The molecule has 0 aromatic heterocycles. The predicted molar refractivity (Wildman–Crippen MR) is 55.6 cm³/mol. The van der Waals surface area contributed by atoms with Gasteiger partial charge in [0.2, 0.25) is 5.71 Å². The Bertz CT molecular complexity index is 276. The van der Waals surface area contributed by atoms with Crippen LogP contribution < -0.4 is 0 Å². The van der Waals surface area contributed by atoms with Crippen LogP contribution in [0.5, 0.6) is 0 Å². The average Bonchev–Trinajstić information content (AvgIpc) is 2.01. The molecule has 0 aliphatic carbocycles. The van der Waals surface area contributed by atoms with E-state index < -0.39 is 17.4 Å². The molecule has 0 aromatic rings. The largest absolute Gasteiger partial charge is 0.461 e. The SMILES string of the molecule is CCOC(=O)/C(=N\OC(C)(C)C)C(C)=O. The summed E-state index contributed by atoms with van der Waals surface area (Å²) in [4.78, 5) is 27.3. The van der Waals surface area contributed by atoms with Gasteiger partial charge in [0.25, 0.3) is 0 Å². The number of esters is 1. The van der Waals surface area contributed by atoms with Crippen LogP contribution in [0, 0.1) is 0 Å². The second kappa shape index (κ2) is 5.48. The fraction of sp³-hybridized carbons (Fsp3) is 0.700. The zero-order valence-electron chi connectivity index (χ0n) is 9.79. The van der Waals surface area contributed by atoms with Gasteiger partial charge in [-0.05, 0) is 27.7 Å². The molecule has 0 spiro atoms.